The summed E-state index contributed by atoms with van der Waals surface area (Å²) < 4.78 is 22.0. The fourth-order valence-electron chi connectivity index (χ4n) is 3.74. The van der Waals surface area contributed by atoms with Crippen molar-refractivity contribution in [1.82, 2.24) is 9.21 Å². The summed E-state index contributed by atoms with van der Waals surface area (Å²) in [5, 5.41) is 2.70. The van der Waals surface area contributed by atoms with Crippen molar-refractivity contribution in [3.05, 3.63) is 29.6 Å². The van der Waals surface area contributed by atoms with Crippen LogP contribution in [0.25, 0.3) is 0 Å². The summed E-state index contributed by atoms with van der Waals surface area (Å²) in [4.78, 5) is 26.0. The van der Waals surface area contributed by atoms with Crippen molar-refractivity contribution >= 4 is 29.6 Å². The highest BCUT2D eigenvalue weighted by molar-refractivity contribution is 7.96. The molecule has 0 saturated carbocycles. The van der Waals surface area contributed by atoms with Crippen LogP contribution in [-0.2, 0) is 15.3 Å². The Kier molecular flexibility index (Phi) is 7.21. The zero-order chi connectivity index (χ0) is 22.8. The van der Waals surface area contributed by atoms with Crippen molar-refractivity contribution in [2.45, 2.75) is 70.8 Å². The zero-order valence-corrected chi connectivity index (χ0v) is 20.0. The van der Waals surface area contributed by atoms with Gasteiger partial charge in [-0.2, -0.15) is 0 Å². The van der Waals surface area contributed by atoms with E-state index in [1.165, 1.54) is 30.2 Å². The van der Waals surface area contributed by atoms with Crippen LogP contribution in [-0.4, -0.2) is 52.0 Å². The number of rotatable bonds is 5. The van der Waals surface area contributed by atoms with Gasteiger partial charge in [0.25, 0.3) is 0 Å². The number of anilines is 1. The topological polar surface area (TPSA) is 61.9 Å². The molecule has 0 atom stereocenters. The van der Waals surface area contributed by atoms with Crippen LogP contribution in [0, 0.1) is 11.7 Å². The van der Waals surface area contributed by atoms with Gasteiger partial charge in [0.15, 0.2) is 0 Å². The van der Waals surface area contributed by atoms with E-state index >= 15 is 0 Å². The van der Waals surface area contributed by atoms with Crippen LogP contribution >= 0.6 is 11.9 Å². The maximum absolute atomic E-state index is 14.3. The first-order valence-corrected chi connectivity index (χ1v) is 11.9. The van der Waals surface area contributed by atoms with Crippen LogP contribution in [0.1, 0.15) is 59.4 Å². The Labute approximate surface area is 189 Å². The molecule has 1 aromatic carbocycles. The van der Waals surface area contributed by atoms with E-state index in [9.17, 15) is 14.0 Å². The SMILES string of the molecule is CC(C)(C)OC(=O)N1CC(C(=O)Nc2cc(CSN3CCCCC3(C)C)ccc2F)C1. The van der Waals surface area contributed by atoms with Gasteiger partial charge >= 0.3 is 6.09 Å². The lowest BCUT2D eigenvalue weighted by Crippen LogP contribution is -2.55. The highest BCUT2D eigenvalue weighted by atomic mass is 32.2. The fraction of sp³-hybridized carbons (Fsp3) is 0.652. The molecule has 0 unspecified atom stereocenters. The summed E-state index contributed by atoms with van der Waals surface area (Å²) >= 11 is 1.76. The van der Waals surface area contributed by atoms with Crippen LogP contribution in [0.5, 0.6) is 0 Å². The molecule has 8 heteroatoms. The predicted molar refractivity (Wildman–Crippen MR) is 122 cm³/mol. The molecule has 2 aliphatic rings. The van der Waals surface area contributed by atoms with E-state index in [4.69, 9.17) is 4.74 Å². The predicted octanol–water partition coefficient (Wildman–Crippen LogP) is 5.04. The zero-order valence-electron chi connectivity index (χ0n) is 19.2. The number of piperidine rings is 1. The first-order chi connectivity index (χ1) is 14.4. The molecule has 0 aromatic heterocycles. The molecule has 1 N–H and O–H groups in total. The van der Waals surface area contributed by atoms with Gasteiger partial charge in [-0.25, -0.2) is 13.5 Å². The van der Waals surface area contributed by atoms with E-state index in [2.05, 4.69) is 23.5 Å². The number of halogens is 1. The number of carbonyl (C=O) groups is 2. The Morgan fingerprint density at radius 1 is 1.26 bits per heavy atom. The molecule has 0 aliphatic carbocycles. The molecule has 0 spiro atoms. The highest BCUT2D eigenvalue weighted by Crippen LogP contribution is 2.35. The number of likely N-dealkylation sites (tertiary alicyclic amines) is 1. The Bertz CT molecular complexity index is 819. The van der Waals surface area contributed by atoms with Crippen molar-refractivity contribution in [2.75, 3.05) is 25.0 Å². The number of carbonyl (C=O) groups excluding carboxylic acids is 2. The normalized spacial score (nSPS) is 19.6. The summed E-state index contributed by atoms with van der Waals surface area (Å²) in [6.45, 7) is 11.5. The lowest BCUT2D eigenvalue weighted by molar-refractivity contribution is -0.124. The Morgan fingerprint density at radius 3 is 2.61 bits per heavy atom. The minimum atomic E-state index is -0.574. The third-order valence-electron chi connectivity index (χ3n) is 5.65. The van der Waals surface area contributed by atoms with Crippen LogP contribution in [0.2, 0.25) is 0 Å². The van der Waals surface area contributed by atoms with Crippen LogP contribution in [0.15, 0.2) is 18.2 Å². The number of hydrogen-bond acceptors (Lipinski definition) is 5. The third kappa shape index (κ3) is 6.35. The molecular weight excluding hydrogens is 417 g/mol. The Morgan fingerprint density at radius 2 is 1.97 bits per heavy atom. The largest absolute Gasteiger partial charge is 0.444 e. The van der Waals surface area contributed by atoms with Gasteiger partial charge in [0.1, 0.15) is 11.4 Å². The molecule has 3 rings (SSSR count). The number of ether oxygens (including phenoxy) is 1. The summed E-state index contributed by atoms with van der Waals surface area (Å²) in [6.07, 6.45) is 3.20. The van der Waals surface area contributed by atoms with Crippen molar-refractivity contribution < 1.29 is 18.7 Å². The van der Waals surface area contributed by atoms with Gasteiger partial charge in [-0.05, 0) is 65.2 Å². The van der Waals surface area contributed by atoms with Gasteiger partial charge < -0.3 is 15.0 Å². The smallest absolute Gasteiger partial charge is 0.410 e. The molecule has 2 aliphatic heterocycles. The molecule has 6 nitrogen and oxygen atoms in total. The van der Waals surface area contributed by atoms with E-state index in [1.54, 1.807) is 44.9 Å². The first kappa shape index (κ1) is 23.9. The third-order valence-corrected chi connectivity index (χ3v) is 7.11. The summed E-state index contributed by atoms with van der Waals surface area (Å²) in [6, 6.07) is 4.88. The second-order valence-corrected chi connectivity index (χ2v) is 11.0. The molecule has 1 aromatic rings. The molecule has 0 radical (unpaired) electrons. The number of nitrogens with one attached hydrogen (secondary N) is 1. The van der Waals surface area contributed by atoms with Crippen molar-refractivity contribution in [3.63, 3.8) is 0 Å². The standard InChI is InChI=1S/C23H34FN3O3S/c1-22(2,3)30-21(29)26-13-17(14-26)20(28)25-19-12-16(8-9-18(19)24)15-31-27-11-7-6-10-23(27,4)5/h8-9,12,17H,6-7,10-11,13-15H2,1-5H3,(H,25,28). The van der Waals surface area contributed by atoms with E-state index in [0.717, 1.165) is 17.9 Å². The van der Waals surface area contributed by atoms with Gasteiger partial charge in [-0.15, -0.1) is 0 Å². The number of nitrogens with zero attached hydrogens (tertiary/aromatic N) is 2. The molecule has 31 heavy (non-hydrogen) atoms. The second kappa shape index (κ2) is 9.36. The second-order valence-electron chi connectivity index (χ2n) is 10.0. The van der Waals surface area contributed by atoms with Gasteiger partial charge in [-0.3, -0.25) is 4.79 Å². The van der Waals surface area contributed by atoms with Crippen molar-refractivity contribution in [2.24, 2.45) is 5.92 Å². The van der Waals surface area contributed by atoms with E-state index in [-0.39, 0.29) is 36.1 Å². The Hall–Kier alpha value is -1.80. The van der Waals surface area contributed by atoms with E-state index in [1.807, 2.05) is 0 Å². The van der Waals surface area contributed by atoms with Gasteiger partial charge in [0.2, 0.25) is 5.91 Å². The van der Waals surface area contributed by atoms with Crippen LogP contribution in [0.3, 0.4) is 0 Å². The quantitative estimate of drug-likeness (QED) is 0.635. The van der Waals surface area contributed by atoms with Crippen molar-refractivity contribution in [1.29, 1.82) is 0 Å². The maximum Gasteiger partial charge on any atom is 0.410 e. The Balaban J connectivity index is 1.53. The van der Waals surface area contributed by atoms with E-state index < -0.39 is 17.5 Å². The summed E-state index contributed by atoms with van der Waals surface area (Å²) in [5.41, 5.74) is 0.739. The van der Waals surface area contributed by atoms with Crippen molar-refractivity contribution in [3.8, 4) is 0 Å². The molecule has 2 heterocycles. The van der Waals surface area contributed by atoms with Gasteiger partial charge in [-0.1, -0.05) is 24.4 Å². The number of amides is 2. The lowest BCUT2D eigenvalue weighted by Gasteiger charge is -2.41. The maximum atomic E-state index is 14.3. The summed E-state index contributed by atoms with van der Waals surface area (Å²) in [7, 11) is 0. The van der Waals surface area contributed by atoms with Gasteiger partial charge in [0, 0.05) is 30.9 Å². The minimum Gasteiger partial charge on any atom is -0.444 e. The van der Waals surface area contributed by atoms with Crippen LogP contribution < -0.4 is 5.32 Å². The molecular formula is C23H34FN3O3S. The molecule has 2 saturated heterocycles. The summed E-state index contributed by atoms with van der Waals surface area (Å²) in [5.74, 6) is -0.369. The lowest BCUT2D eigenvalue weighted by atomic mass is 9.93. The minimum absolute atomic E-state index is 0.157. The highest BCUT2D eigenvalue weighted by Gasteiger charge is 2.38. The van der Waals surface area contributed by atoms with E-state index in [0.29, 0.717) is 0 Å². The monoisotopic (exact) mass is 451 g/mol. The first-order valence-electron chi connectivity index (χ1n) is 10.9. The molecule has 2 amide bonds. The number of benzene rings is 1. The molecule has 172 valence electrons. The number of hydrogen-bond donors (Lipinski definition) is 1. The fourth-order valence-corrected chi connectivity index (χ4v) is 4.93. The molecule has 0 bridgehead atoms. The average Bonchev–Trinajstić information content (AvgIpc) is 2.60. The van der Waals surface area contributed by atoms with Gasteiger partial charge in [0.05, 0.1) is 11.6 Å². The average molecular weight is 452 g/mol. The van der Waals surface area contributed by atoms with Crippen LogP contribution in [0.4, 0.5) is 14.9 Å². The molecule has 2 fully saturated rings.